The van der Waals surface area contributed by atoms with Crippen molar-refractivity contribution in [2.75, 3.05) is 20.0 Å². The van der Waals surface area contributed by atoms with E-state index in [9.17, 15) is 4.79 Å². The van der Waals surface area contributed by atoms with Gasteiger partial charge in [-0.15, -0.1) is 0 Å². The average molecular weight is 219 g/mol. The SMILES string of the molecule is COC(=O)CC#Cc1ccc(OC)c(N)c1. The molecule has 0 fully saturated rings. The molecule has 0 saturated heterocycles. The largest absolute Gasteiger partial charge is 0.495 e. The van der Waals surface area contributed by atoms with E-state index in [1.807, 2.05) is 0 Å². The Bertz CT molecular complexity index is 443. The number of carbonyl (C=O) groups excluding carboxylic acids is 1. The lowest BCUT2D eigenvalue weighted by molar-refractivity contribution is -0.139. The zero-order valence-electron chi connectivity index (χ0n) is 9.24. The molecular weight excluding hydrogens is 206 g/mol. The molecule has 0 aliphatic rings. The molecule has 0 saturated carbocycles. The van der Waals surface area contributed by atoms with E-state index in [0.717, 1.165) is 5.56 Å². The van der Waals surface area contributed by atoms with Crippen LogP contribution in [0.1, 0.15) is 12.0 Å². The molecule has 0 atom stereocenters. The number of hydrogen-bond donors (Lipinski definition) is 1. The fourth-order valence-electron chi connectivity index (χ4n) is 1.10. The number of rotatable bonds is 2. The van der Waals surface area contributed by atoms with Gasteiger partial charge in [-0.25, -0.2) is 0 Å². The molecule has 0 amide bonds. The summed E-state index contributed by atoms with van der Waals surface area (Å²) in [6.07, 6.45) is 0.0719. The highest BCUT2D eigenvalue weighted by atomic mass is 16.5. The zero-order valence-corrected chi connectivity index (χ0v) is 9.24. The van der Waals surface area contributed by atoms with Crippen LogP contribution in [0.3, 0.4) is 0 Å². The van der Waals surface area contributed by atoms with Crippen LogP contribution in [-0.2, 0) is 9.53 Å². The number of benzene rings is 1. The Hall–Kier alpha value is -2.15. The third-order valence-corrected chi connectivity index (χ3v) is 1.92. The predicted octanol–water partition coefficient (Wildman–Crippen LogP) is 1.19. The Morgan fingerprint density at radius 3 is 2.75 bits per heavy atom. The average Bonchev–Trinajstić information content (AvgIpc) is 2.29. The Morgan fingerprint density at radius 2 is 2.19 bits per heavy atom. The summed E-state index contributed by atoms with van der Waals surface area (Å²) >= 11 is 0. The van der Waals surface area contributed by atoms with Gasteiger partial charge in [0.1, 0.15) is 12.2 Å². The number of nitrogen functional groups attached to an aromatic ring is 1. The van der Waals surface area contributed by atoms with Crippen LogP contribution in [0.25, 0.3) is 0 Å². The van der Waals surface area contributed by atoms with Crippen molar-refractivity contribution in [3.8, 4) is 17.6 Å². The molecule has 0 spiro atoms. The summed E-state index contributed by atoms with van der Waals surface area (Å²) in [6, 6.07) is 5.21. The number of hydrogen-bond acceptors (Lipinski definition) is 4. The van der Waals surface area contributed by atoms with Gasteiger partial charge < -0.3 is 15.2 Å². The smallest absolute Gasteiger partial charge is 0.317 e. The van der Waals surface area contributed by atoms with Gasteiger partial charge >= 0.3 is 5.97 Å². The second kappa shape index (κ2) is 5.66. The van der Waals surface area contributed by atoms with E-state index in [2.05, 4.69) is 16.6 Å². The molecule has 4 nitrogen and oxygen atoms in total. The molecule has 0 unspecified atom stereocenters. The molecule has 1 aromatic rings. The summed E-state index contributed by atoms with van der Waals surface area (Å²) in [6.45, 7) is 0. The van der Waals surface area contributed by atoms with Crippen molar-refractivity contribution in [2.45, 2.75) is 6.42 Å². The second-order valence-electron chi connectivity index (χ2n) is 3.01. The highest BCUT2D eigenvalue weighted by Crippen LogP contribution is 2.21. The van der Waals surface area contributed by atoms with E-state index in [0.29, 0.717) is 11.4 Å². The van der Waals surface area contributed by atoms with Gasteiger partial charge in [-0.05, 0) is 18.2 Å². The minimum Gasteiger partial charge on any atom is -0.495 e. The normalized spacial score (nSPS) is 8.88. The third kappa shape index (κ3) is 3.21. The van der Waals surface area contributed by atoms with Crippen LogP contribution >= 0.6 is 0 Å². The van der Waals surface area contributed by atoms with Gasteiger partial charge in [0.15, 0.2) is 0 Å². The number of carbonyl (C=O) groups is 1. The number of ether oxygens (including phenoxy) is 2. The third-order valence-electron chi connectivity index (χ3n) is 1.92. The first-order chi connectivity index (χ1) is 7.67. The minimum absolute atomic E-state index is 0.0719. The molecule has 1 aromatic carbocycles. The van der Waals surface area contributed by atoms with Crippen molar-refractivity contribution < 1.29 is 14.3 Å². The van der Waals surface area contributed by atoms with E-state index in [-0.39, 0.29) is 12.4 Å². The molecule has 2 N–H and O–H groups in total. The minimum atomic E-state index is -0.353. The molecule has 0 radical (unpaired) electrons. The maximum absolute atomic E-state index is 10.8. The summed E-state index contributed by atoms with van der Waals surface area (Å²) in [5.41, 5.74) is 6.96. The number of nitrogens with two attached hydrogens (primary N) is 1. The maximum Gasteiger partial charge on any atom is 0.317 e. The molecule has 0 heterocycles. The molecular formula is C12H13NO3. The van der Waals surface area contributed by atoms with Gasteiger partial charge in [0, 0.05) is 5.56 Å². The Kier molecular flexibility index (Phi) is 4.22. The van der Waals surface area contributed by atoms with Gasteiger partial charge in [0.05, 0.1) is 19.9 Å². The van der Waals surface area contributed by atoms with Crippen molar-refractivity contribution in [1.82, 2.24) is 0 Å². The molecule has 0 aromatic heterocycles. The fourth-order valence-corrected chi connectivity index (χ4v) is 1.10. The van der Waals surface area contributed by atoms with Gasteiger partial charge in [0.25, 0.3) is 0 Å². The topological polar surface area (TPSA) is 61.5 Å². The predicted molar refractivity (Wildman–Crippen MR) is 60.9 cm³/mol. The Morgan fingerprint density at radius 1 is 1.44 bits per heavy atom. The molecule has 0 aliphatic heterocycles. The van der Waals surface area contributed by atoms with E-state index >= 15 is 0 Å². The lowest BCUT2D eigenvalue weighted by Crippen LogP contribution is -1.97. The number of esters is 1. The van der Waals surface area contributed by atoms with Gasteiger partial charge in [-0.2, -0.15) is 0 Å². The van der Waals surface area contributed by atoms with Crippen LogP contribution in [0, 0.1) is 11.8 Å². The Labute approximate surface area is 94.3 Å². The second-order valence-corrected chi connectivity index (χ2v) is 3.01. The maximum atomic E-state index is 10.8. The molecule has 16 heavy (non-hydrogen) atoms. The van der Waals surface area contributed by atoms with E-state index in [4.69, 9.17) is 10.5 Å². The summed E-state index contributed by atoms with van der Waals surface area (Å²) in [4.78, 5) is 10.8. The van der Waals surface area contributed by atoms with Crippen LogP contribution in [0.15, 0.2) is 18.2 Å². The first kappa shape index (κ1) is 11.9. The first-order valence-corrected chi connectivity index (χ1v) is 4.66. The van der Waals surface area contributed by atoms with E-state index in [1.54, 1.807) is 25.3 Å². The van der Waals surface area contributed by atoms with Crippen molar-refractivity contribution in [3.63, 3.8) is 0 Å². The van der Waals surface area contributed by atoms with Crippen LogP contribution in [0.2, 0.25) is 0 Å². The van der Waals surface area contributed by atoms with Crippen molar-refractivity contribution in [3.05, 3.63) is 23.8 Å². The molecule has 0 bridgehead atoms. The molecule has 4 heteroatoms. The monoisotopic (exact) mass is 219 g/mol. The van der Waals surface area contributed by atoms with Crippen molar-refractivity contribution in [1.29, 1.82) is 0 Å². The molecule has 84 valence electrons. The highest BCUT2D eigenvalue weighted by molar-refractivity contribution is 5.72. The van der Waals surface area contributed by atoms with Gasteiger partial charge in [-0.3, -0.25) is 4.79 Å². The standard InChI is InChI=1S/C12H13NO3/c1-15-11-7-6-9(8-10(11)13)4-3-5-12(14)16-2/h6-8H,5,13H2,1-2H3. The quantitative estimate of drug-likeness (QED) is 0.461. The summed E-state index contributed by atoms with van der Waals surface area (Å²) in [7, 11) is 2.88. The summed E-state index contributed by atoms with van der Waals surface area (Å²) in [5, 5.41) is 0. The van der Waals surface area contributed by atoms with Crippen LogP contribution < -0.4 is 10.5 Å². The highest BCUT2D eigenvalue weighted by Gasteiger charge is 1.98. The Balaban J connectivity index is 2.75. The lowest BCUT2D eigenvalue weighted by Gasteiger charge is -2.03. The van der Waals surface area contributed by atoms with Crippen LogP contribution in [0.4, 0.5) is 5.69 Å². The lowest BCUT2D eigenvalue weighted by atomic mass is 10.2. The zero-order chi connectivity index (χ0) is 12.0. The van der Waals surface area contributed by atoms with Crippen LogP contribution in [0.5, 0.6) is 5.75 Å². The number of anilines is 1. The summed E-state index contributed by atoms with van der Waals surface area (Å²) < 4.78 is 9.48. The van der Waals surface area contributed by atoms with E-state index in [1.165, 1.54) is 7.11 Å². The summed E-state index contributed by atoms with van der Waals surface area (Å²) in [5.74, 6) is 5.77. The molecule has 0 aliphatic carbocycles. The number of methoxy groups -OCH3 is 2. The molecule has 1 rings (SSSR count). The van der Waals surface area contributed by atoms with Crippen molar-refractivity contribution >= 4 is 11.7 Å². The fraction of sp³-hybridized carbons (Fsp3) is 0.250. The van der Waals surface area contributed by atoms with Gasteiger partial charge in [0.2, 0.25) is 0 Å². The van der Waals surface area contributed by atoms with Crippen molar-refractivity contribution in [2.24, 2.45) is 0 Å². The van der Waals surface area contributed by atoms with Crippen LogP contribution in [-0.4, -0.2) is 20.2 Å². The van der Waals surface area contributed by atoms with E-state index < -0.39 is 0 Å². The first-order valence-electron chi connectivity index (χ1n) is 4.66. The van der Waals surface area contributed by atoms with Gasteiger partial charge in [-0.1, -0.05) is 11.8 Å².